The molecule has 2 aromatic rings. The minimum atomic E-state index is -0.0269. The van der Waals surface area contributed by atoms with E-state index in [0.717, 1.165) is 44.5 Å². The second-order valence-electron chi connectivity index (χ2n) is 7.17. The Hall–Kier alpha value is -2.14. The van der Waals surface area contributed by atoms with E-state index < -0.39 is 0 Å². The van der Waals surface area contributed by atoms with Crippen LogP contribution in [0.25, 0.3) is 0 Å². The first-order valence-electron chi connectivity index (χ1n) is 9.42. The monoisotopic (exact) mass is 338 g/mol. The fraction of sp³-hybridized carbons (Fsp3) is 0.500. The zero-order valence-corrected chi connectivity index (χ0v) is 14.6. The number of fused-ring (bicyclic) bond motifs is 1. The number of aryl methyl sites for hydroxylation is 1. The summed E-state index contributed by atoms with van der Waals surface area (Å²) >= 11 is 0. The molecule has 1 fully saturated rings. The topological polar surface area (TPSA) is 61.0 Å². The number of aromatic amines is 1. The van der Waals surface area contributed by atoms with Crippen molar-refractivity contribution in [1.29, 1.82) is 0 Å². The number of H-pyrrole nitrogens is 1. The lowest BCUT2D eigenvalue weighted by Gasteiger charge is -2.34. The van der Waals surface area contributed by atoms with Crippen LogP contribution in [0.2, 0.25) is 0 Å². The van der Waals surface area contributed by atoms with Crippen molar-refractivity contribution in [2.75, 3.05) is 6.54 Å². The first-order valence-corrected chi connectivity index (χ1v) is 9.42. The molecule has 1 saturated heterocycles. The van der Waals surface area contributed by atoms with Gasteiger partial charge in [0.15, 0.2) is 0 Å². The molecule has 2 aliphatic rings. The summed E-state index contributed by atoms with van der Waals surface area (Å²) < 4.78 is 0. The van der Waals surface area contributed by atoms with Gasteiger partial charge in [-0.25, -0.2) is 0 Å². The summed E-state index contributed by atoms with van der Waals surface area (Å²) in [7, 11) is 0. The van der Waals surface area contributed by atoms with E-state index in [-0.39, 0.29) is 11.9 Å². The van der Waals surface area contributed by atoms with Crippen LogP contribution >= 0.6 is 0 Å². The molecular formula is C20H26N4O. The minimum Gasteiger partial charge on any atom is -0.349 e. The Bertz CT molecular complexity index is 725. The third-order valence-corrected chi connectivity index (χ3v) is 5.47. The summed E-state index contributed by atoms with van der Waals surface area (Å²) in [6, 6.07) is 10.4. The molecule has 1 unspecified atom stereocenters. The zero-order chi connectivity index (χ0) is 17.1. The van der Waals surface area contributed by atoms with E-state index in [1.807, 2.05) is 6.07 Å². The molecule has 1 amide bonds. The molecule has 1 aliphatic heterocycles. The van der Waals surface area contributed by atoms with E-state index in [0.29, 0.717) is 6.54 Å². The molecule has 2 N–H and O–H groups in total. The molecule has 1 aromatic carbocycles. The van der Waals surface area contributed by atoms with Gasteiger partial charge in [0, 0.05) is 12.2 Å². The number of likely N-dealkylation sites (tertiary alicyclic amines) is 1. The van der Waals surface area contributed by atoms with E-state index in [2.05, 4.69) is 44.7 Å². The molecule has 1 aromatic heterocycles. The van der Waals surface area contributed by atoms with Gasteiger partial charge in [-0.2, -0.15) is 5.10 Å². The van der Waals surface area contributed by atoms with Gasteiger partial charge in [-0.1, -0.05) is 36.8 Å². The minimum absolute atomic E-state index is 0.0269. The maximum atomic E-state index is 12.8. The van der Waals surface area contributed by atoms with Crippen molar-refractivity contribution in [3.8, 4) is 0 Å². The molecule has 25 heavy (non-hydrogen) atoms. The number of rotatable bonds is 5. The SMILES string of the molecule is O=C(NCc1n[nH]c2c1CCC2)C1CCCCN1Cc1ccccc1. The first-order chi connectivity index (χ1) is 12.3. The fourth-order valence-electron chi connectivity index (χ4n) is 4.12. The second kappa shape index (κ2) is 7.40. The molecule has 5 heteroatoms. The van der Waals surface area contributed by atoms with Crippen LogP contribution in [0.3, 0.4) is 0 Å². The summed E-state index contributed by atoms with van der Waals surface area (Å²) in [5, 5.41) is 10.6. The highest BCUT2D eigenvalue weighted by molar-refractivity contribution is 5.81. The van der Waals surface area contributed by atoms with E-state index >= 15 is 0 Å². The molecule has 1 aliphatic carbocycles. The Kier molecular flexibility index (Phi) is 4.83. The molecule has 2 heterocycles. The van der Waals surface area contributed by atoms with Gasteiger partial charge in [-0.15, -0.1) is 0 Å². The smallest absolute Gasteiger partial charge is 0.237 e. The van der Waals surface area contributed by atoms with Crippen LogP contribution in [0.5, 0.6) is 0 Å². The van der Waals surface area contributed by atoms with Crippen molar-refractivity contribution >= 4 is 5.91 Å². The van der Waals surface area contributed by atoms with Crippen LogP contribution in [0.15, 0.2) is 30.3 Å². The number of benzene rings is 1. The summed E-state index contributed by atoms with van der Waals surface area (Å²) in [6.45, 7) is 2.38. The predicted octanol–water partition coefficient (Wildman–Crippen LogP) is 2.57. The summed E-state index contributed by atoms with van der Waals surface area (Å²) in [5.41, 5.74) is 4.87. The molecule has 0 saturated carbocycles. The Morgan fingerprint density at radius 1 is 1.20 bits per heavy atom. The quantitative estimate of drug-likeness (QED) is 0.881. The number of carbonyl (C=O) groups is 1. The average molecular weight is 338 g/mol. The number of aromatic nitrogens is 2. The van der Waals surface area contributed by atoms with Crippen molar-refractivity contribution in [3.63, 3.8) is 0 Å². The normalized spacial score (nSPS) is 20.4. The molecule has 5 nitrogen and oxygen atoms in total. The number of amides is 1. The third-order valence-electron chi connectivity index (χ3n) is 5.47. The predicted molar refractivity (Wildman–Crippen MR) is 97.0 cm³/mol. The third kappa shape index (κ3) is 3.61. The van der Waals surface area contributed by atoms with Crippen LogP contribution < -0.4 is 5.32 Å². The number of carbonyl (C=O) groups excluding carboxylic acids is 1. The van der Waals surface area contributed by atoms with Gasteiger partial charge >= 0.3 is 0 Å². The van der Waals surface area contributed by atoms with Crippen molar-refractivity contribution in [1.82, 2.24) is 20.4 Å². The van der Waals surface area contributed by atoms with Crippen molar-refractivity contribution < 1.29 is 4.79 Å². The van der Waals surface area contributed by atoms with Crippen LogP contribution in [0, 0.1) is 0 Å². The summed E-state index contributed by atoms with van der Waals surface area (Å²) in [4.78, 5) is 15.1. The molecule has 4 rings (SSSR count). The van der Waals surface area contributed by atoms with Crippen LogP contribution in [0.1, 0.15) is 48.2 Å². The standard InChI is InChI=1S/C20H26N4O/c25-20(21-13-18-16-9-6-10-17(16)22-23-18)19-11-4-5-12-24(19)14-15-7-2-1-3-8-15/h1-3,7-8,19H,4-6,9-14H2,(H,21,25)(H,22,23). The molecule has 0 bridgehead atoms. The van der Waals surface area contributed by atoms with Gasteiger partial charge in [0.25, 0.3) is 0 Å². The van der Waals surface area contributed by atoms with E-state index in [9.17, 15) is 4.79 Å². The Labute approximate surface area is 148 Å². The first kappa shape index (κ1) is 16.3. The van der Waals surface area contributed by atoms with Crippen molar-refractivity contribution in [3.05, 3.63) is 52.8 Å². The number of nitrogens with zero attached hydrogens (tertiary/aromatic N) is 2. The van der Waals surface area contributed by atoms with Crippen molar-refractivity contribution in [2.24, 2.45) is 0 Å². The number of hydrogen-bond donors (Lipinski definition) is 2. The van der Waals surface area contributed by atoms with Gasteiger partial charge in [-0.3, -0.25) is 14.8 Å². The highest BCUT2D eigenvalue weighted by Gasteiger charge is 2.29. The van der Waals surface area contributed by atoms with Crippen LogP contribution in [-0.4, -0.2) is 33.6 Å². The zero-order valence-electron chi connectivity index (χ0n) is 14.6. The van der Waals surface area contributed by atoms with Gasteiger partial charge in [0.2, 0.25) is 5.91 Å². The van der Waals surface area contributed by atoms with Crippen LogP contribution in [0.4, 0.5) is 0 Å². The maximum absolute atomic E-state index is 12.8. The number of nitrogens with one attached hydrogen (secondary N) is 2. The lowest BCUT2D eigenvalue weighted by Crippen LogP contribution is -2.48. The number of hydrogen-bond acceptors (Lipinski definition) is 3. The number of piperidine rings is 1. The molecule has 0 spiro atoms. The van der Waals surface area contributed by atoms with Crippen LogP contribution in [-0.2, 0) is 30.7 Å². The molecule has 0 radical (unpaired) electrons. The van der Waals surface area contributed by atoms with Gasteiger partial charge in [0.05, 0.1) is 18.3 Å². The molecule has 132 valence electrons. The Morgan fingerprint density at radius 3 is 2.96 bits per heavy atom. The van der Waals surface area contributed by atoms with Gasteiger partial charge < -0.3 is 5.32 Å². The summed E-state index contributed by atoms with van der Waals surface area (Å²) in [5.74, 6) is 0.144. The van der Waals surface area contributed by atoms with Gasteiger partial charge in [-0.05, 0) is 49.8 Å². The Morgan fingerprint density at radius 2 is 2.08 bits per heavy atom. The van der Waals surface area contributed by atoms with Gasteiger partial charge in [0.1, 0.15) is 0 Å². The highest BCUT2D eigenvalue weighted by Crippen LogP contribution is 2.23. The lowest BCUT2D eigenvalue weighted by atomic mass is 10.00. The van der Waals surface area contributed by atoms with E-state index in [4.69, 9.17) is 0 Å². The maximum Gasteiger partial charge on any atom is 0.237 e. The highest BCUT2D eigenvalue weighted by atomic mass is 16.2. The largest absolute Gasteiger partial charge is 0.349 e. The second-order valence-corrected chi connectivity index (χ2v) is 7.17. The van der Waals surface area contributed by atoms with Crippen molar-refractivity contribution in [2.45, 2.75) is 57.7 Å². The van der Waals surface area contributed by atoms with E-state index in [1.165, 1.54) is 29.7 Å². The average Bonchev–Trinajstić information content (AvgIpc) is 3.25. The summed E-state index contributed by atoms with van der Waals surface area (Å²) in [6.07, 6.45) is 6.60. The fourth-order valence-corrected chi connectivity index (χ4v) is 4.12. The molecular weight excluding hydrogens is 312 g/mol. The Balaban J connectivity index is 1.38. The lowest BCUT2D eigenvalue weighted by molar-refractivity contribution is -0.128. The molecule has 1 atom stereocenters. The van der Waals surface area contributed by atoms with E-state index in [1.54, 1.807) is 0 Å².